The fraction of sp³-hybridized carbons (Fsp3) is 0.0625. The number of pyridine rings is 1. The van der Waals surface area contributed by atoms with E-state index in [2.05, 4.69) is 4.98 Å². The standard InChI is InChI=1S/C16H14FN2O5PS.Na.H/c17-13-6-8-14(9-7-13)26(22,23)19-11-25(20,21)24-15-5-1-3-12-4-2-10-18-16(12)15;;/h1-10,19H,11H2,(H,20,21);;. The van der Waals surface area contributed by atoms with E-state index in [1.54, 1.807) is 24.3 Å². The first-order valence-corrected chi connectivity index (χ1v) is 10.6. The van der Waals surface area contributed by atoms with Gasteiger partial charge in [0.25, 0.3) is 0 Å². The Morgan fingerprint density at radius 2 is 1.78 bits per heavy atom. The Kier molecular flexibility index (Phi) is 7.15. The third-order valence-electron chi connectivity index (χ3n) is 3.42. The number of para-hydroxylation sites is 1. The summed E-state index contributed by atoms with van der Waals surface area (Å²) in [5.41, 5.74) is 0.380. The van der Waals surface area contributed by atoms with Crippen molar-refractivity contribution in [3.63, 3.8) is 0 Å². The van der Waals surface area contributed by atoms with Crippen molar-refractivity contribution in [2.75, 3.05) is 6.29 Å². The molecule has 1 unspecified atom stereocenters. The molecule has 0 aliphatic heterocycles. The van der Waals surface area contributed by atoms with Gasteiger partial charge in [-0.2, -0.15) is 4.72 Å². The second-order valence-electron chi connectivity index (χ2n) is 5.32. The SMILES string of the molecule is O=P(O)(CNS(=O)(=O)c1ccc(F)cc1)Oc1cccc2cccnc12.[NaH]. The average Bonchev–Trinajstić information content (AvgIpc) is 2.61. The predicted molar refractivity (Wildman–Crippen MR) is 101 cm³/mol. The quantitative estimate of drug-likeness (QED) is 0.468. The van der Waals surface area contributed by atoms with E-state index in [0.717, 1.165) is 24.3 Å². The van der Waals surface area contributed by atoms with Crippen molar-refractivity contribution in [2.24, 2.45) is 0 Å². The monoisotopic (exact) mass is 420 g/mol. The van der Waals surface area contributed by atoms with Crippen molar-refractivity contribution in [1.29, 1.82) is 0 Å². The van der Waals surface area contributed by atoms with E-state index >= 15 is 0 Å². The van der Waals surface area contributed by atoms with Gasteiger partial charge < -0.3 is 9.42 Å². The van der Waals surface area contributed by atoms with E-state index in [4.69, 9.17) is 4.52 Å². The second-order valence-corrected chi connectivity index (χ2v) is 8.86. The number of rotatable bonds is 6. The summed E-state index contributed by atoms with van der Waals surface area (Å²) in [6, 6.07) is 12.4. The summed E-state index contributed by atoms with van der Waals surface area (Å²) >= 11 is 0. The van der Waals surface area contributed by atoms with Gasteiger partial charge in [-0.15, -0.1) is 0 Å². The molecule has 1 aromatic heterocycles. The fourth-order valence-electron chi connectivity index (χ4n) is 2.20. The summed E-state index contributed by atoms with van der Waals surface area (Å²) < 4.78 is 56.5. The Morgan fingerprint density at radius 3 is 2.48 bits per heavy atom. The summed E-state index contributed by atoms with van der Waals surface area (Å²) in [4.78, 5) is 13.9. The molecule has 0 radical (unpaired) electrons. The van der Waals surface area contributed by atoms with Gasteiger partial charge in [0.1, 0.15) is 17.6 Å². The summed E-state index contributed by atoms with van der Waals surface area (Å²) in [5, 5.41) is 0.705. The summed E-state index contributed by atoms with van der Waals surface area (Å²) in [5.74, 6) is -0.529. The van der Waals surface area contributed by atoms with Gasteiger partial charge in [-0.1, -0.05) is 18.2 Å². The molecule has 0 bridgehead atoms. The molecule has 0 saturated carbocycles. The summed E-state index contributed by atoms with van der Waals surface area (Å²) in [6.07, 6.45) is 0.657. The Hall–Kier alpha value is -1.32. The van der Waals surface area contributed by atoms with Crippen LogP contribution in [-0.4, -0.2) is 54.1 Å². The molecule has 0 aliphatic rings. The van der Waals surface area contributed by atoms with Crippen molar-refractivity contribution in [1.82, 2.24) is 9.71 Å². The van der Waals surface area contributed by atoms with Crippen LogP contribution in [0.3, 0.4) is 0 Å². The minimum absolute atomic E-state index is 0. The van der Waals surface area contributed by atoms with E-state index in [1.807, 2.05) is 4.72 Å². The number of hydrogen-bond acceptors (Lipinski definition) is 5. The summed E-state index contributed by atoms with van der Waals surface area (Å²) in [6.45, 7) is 0. The van der Waals surface area contributed by atoms with Crippen LogP contribution in [0.15, 0.2) is 65.7 Å². The van der Waals surface area contributed by atoms with Crippen LogP contribution in [0.25, 0.3) is 10.9 Å². The normalized spacial score (nSPS) is 13.6. The Labute approximate surface area is 177 Å². The number of halogens is 1. The Morgan fingerprint density at radius 1 is 1.11 bits per heavy atom. The van der Waals surface area contributed by atoms with Crippen molar-refractivity contribution in [2.45, 2.75) is 4.90 Å². The van der Waals surface area contributed by atoms with Crippen molar-refractivity contribution in [3.8, 4) is 5.75 Å². The number of hydrogen-bond donors (Lipinski definition) is 2. The maximum atomic E-state index is 12.9. The van der Waals surface area contributed by atoms with Crippen LogP contribution in [0.2, 0.25) is 0 Å². The van der Waals surface area contributed by atoms with E-state index in [1.165, 1.54) is 12.3 Å². The van der Waals surface area contributed by atoms with E-state index < -0.39 is 29.7 Å². The number of fused-ring (bicyclic) bond motifs is 1. The number of nitrogens with one attached hydrogen (secondary N) is 1. The van der Waals surface area contributed by atoms with Crippen LogP contribution in [0, 0.1) is 5.82 Å². The predicted octanol–water partition coefficient (Wildman–Crippen LogP) is 2.23. The first-order chi connectivity index (χ1) is 12.3. The van der Waals surface area contributed by atoms with Crippen molar-refractivity contribution < 1.29 is 26.8 Å². The van der Waals surface area contributed by atoms with Gasteiger partial charge in [-0.05, 0) is 36.4 Å². The molecule has 138 valence electrons. The van der Waals surface area contributed by atoms with E-state index in [9.17, 15) is 22.3 Å². The van der Waals surface area contributed by atoms with Gasteiger partial charge in [-0.25, -0.2) is 17.4 Å². The molecule has 1 atom stereocenters. The van der Waals surface area contributed by atoms with Gasteiger partial charge in [0.05, 0.1) is 4.90 Å². The molecule has 0 fully saturated rings. The number of sulfonamides is 1. The zero-order chi connectivity index (χ0) is 18.8. The number of benzene rings is 2. The third kappa shape index (κ3) is 5.58. The van der Waals surface area contributed by atoms with Gasteiger partial charge in [0.2, 0.25) is 10.0 Å². The molecule has 0 saturated heterocycles. The van der Waals surface area contributed by atoms with Gasteiger partial charge in [0, 0.05) is 11.6 Å². The molecule has 2 aromatic carbocycles. The van der Waals surface area contributed by atoms with Crippen LogP contribution in [0.1, 0.15) is 0 Å². The van der Waals surface area contributed by atoms with Crippen LogP contribution in [0.4, 0.5) is 4.39 Å². The molecule has 2 N–H and O–H groups in total. The van der Waals surface area contributed by atoms with Gasteiger partial charge in [-0.3, -0.25) is 4.98 Å². The van der Waals surface area contributed by atoms with E-state index in [0.29, 0.717) is 10.9 Å². The zero-order valence-corrected chi connectivity index (χ0v) is 15.0. The third-order valence-corrected chi connectivity index (χ3v) is 6.09. The molecular weight excluding hydrogens is 405 g/mol. The Bertz CT molecular complexity index is 1090. The Balaban J connectivity index is 0.00000261. The molecule has 0 spiro atoms. The molecule has 3 aromatic rings. The average molecular weight is 420 g/mol. The van der Waals surface area contributed by atoms with Crippen LogP contribution in [-0.2, 0) is 14.6 Å². The molecule has 27 heavy (non-hydrogen) atoms. The van der Waals surface area contributed by atoms with E-state index in [-0.39, 0.29) is 40.2 Å². The zero-order valence-electron chi connectivity index (χ0n) is 13.2. The molecule has 3 rings (SSSR count). The van der Waals surface area contributed by atoms with Gasteiger partial charge >= 0.3 is 37.2 Å². The molecule has 0 amide bonds. The molecular formula is C16H15FN2NaO5PS. The number of aromatic nitrogens is 1. The fourth-order valence-corrected chi connectivity index (χ4v) is 4.71. The molecule has 7 nitrogen and oxygen atoms in total. The second kappa shape index (κ2) is 8.79. The molecule has 0 aliphatic carbocycles. The van der Waals surface area contributed by atoms with Gasteiger partial charge in [0.15, 0.2) is 5.75 Å². The van der Waals surface area contributed by atoms with Crippen LogP contribution < -0.4 is 9.25 Å². The number of nitrogens with zero attached hydrogens (tertiary/aromatic N) is 1. The van der Waals surface area contributed by atoms with Crippen molar-refractivity contribution >= 4 is 58.1 Å². The first-order valence-electron chi connectivity index (χ1n) is 7.37. The molecule has 11 heteroatoms. The van der Waals surface area contributed by atoms with Crippen LogP contribution >= 0.6 is 7.60 Å². The maximum absolute atomic E-state index is 12.9. The minimum atomic E-state index is -4.35. The van der Waals surface area contributed by atoms with Crippen LogP contribution in [0.5, 0.6) is 5.75 Å². The summed E-state index contributed by atoms with van der Waals surface area (Å²) in [7, 11) is -8.44. The first kappa shape index (κ1) is 22.0. The topological polar surface area (TPSA) is 106 Å². The van der Waals surface area contributed by atoms with Crippen molar-refractivity contribution in [3.05, 3.63) is 66.6 Å². The molecule has 1 heterocycles.